The van der Waals surface area contributed by atoms with Crippen LogP contribution in [0.15, 0.2) is 6.20 Å². The Morgan fingerprint density at radius 1 is 1.33 bits per heavy atom. The highest BCUT2D eigenvalue weighted by molar-refractivity contribution is 5.85. The van der Waals surface area contributed by atoms with E-state index in [9.17, 15) is 9.59 Å². The molecule has 0 fully saturated rings. The zero-order valence-electron chi connectivity index (χ0n) is 12.7. The Labute approximate surface area is 123 Å². The van der Waals surface area contributed by atoms with Crippen molar-refractivity contribution >= 4 is 12.1 Å². The largest absolute Gasteiger partial charge is 0.463 e. The minimum Gasteiger partial charge on any atom is -0.463 e. The van der Waals surface area contributed by atoms with Gasteiger partial charge in [-0.1, -0.05) is 0 Å². The van der Waals surface area contributed by atoms with Crippen molar-refractivity contribution in [3.05, 3.63) is 23.3 Å². The molecular weight excluding hydrogens is 274 g/mol. The second-order valence-corrected chi connectivity index (χ2v) is 5.81. The molecule has 0 atom stereocenters. The van der Waals surface area contributed by atoms with E-state index >= 15 is 0 Å². The van der Waals surface area contributed by atoms with Crippen molar-refractivity contribution in [1.82, 2.24) is 14.9 Å². The minimum atomic E-state index is -0.591. The number of methoxy groups -OCH3 is 1. The number of carbonyl (C=O) groups is 2. The van der Waals surface area contributed by atoms with Crippen LogP contribution in [0.2, 0.25) is 0 Å². The molecule has 0 saturated carbocycles. The predicted molar refractivity (Wildman–Crippen MR) is 73.7 cm³/mol. The fourth-order valence-electron chi connectivity index (χ4n) is 1.98. The van der Waals surface area contributed by atoms with Gasteiger partial charge in [-0.3, -0.25) is 0 Å². The summed E-state index contributed by atoms with van der Waals surface area (Å²) in [7, 11) is 1.28. The van der Waals surface area contributed by atoms with Crippen LogP contribution in [0.3, 0.4) is 0 Å². The molecule has 0 unspecified atom stereocenters. The SMILES string of the molecule is COC(=O)c1ncc2c(n1)CN(C(=O)OC(C)(C)C)CC2. The Bertz CT molecular complexity index is 566. The monoisotopic (exact) mass is 293 g/mol. The van der Waals surface area contributed by atoms with Gasteiger partial charge in [0, 0.05) is 12.7 Å². The second-order valence-electron chi connectivity index (χ2n) is 5.81. The quantitative estimate of drug-likeness (QED) is 0.731. The van der Waals surface area contributed by atoms with E-state index in [-0.39, 0.29) is 11.9 Å². The van der Waals surface area contributed by atoms with Crippen LogP contribution in [0.4, 0.5) is 4.79 Å². The second kappa shape index (κ2) is 5.67. The van der Waals surface area contributed by atoms with E-state index in [0.717, 1.165) is 5.56 Å². The molecule has 7 heteroatoms. The molecular formula is C14H19N3O4. The van der Waals surface area contributed by atoms with E-state index in [4.69, 9.17) is 4.74 Å². The average Bonchev–Trinajstić information content (AvgIpc) is 2.43. The molecule has 0 aromatic carbocycles. The van der Waals surface area contributed by atoms with Gasteiger partial charge in [-0.25, -0.2) is 19.6 Å². The molecule has 2 rings (SSSR count). The van der Waals surface area contributed by atoms with Crippen LogP contribution >= 0.6 is 0 Å². The Morgan fingerprint density at radius 3 is 2.67 bits per heavy atom. The lowest BCUT2D eigenvalue weighted by Gasteiger charge is -2.30. The number of esters is 1. The fraction of sp³-hybridized carbons (Fsp3) is 0.571. The lowest BCUT2D eigenvalue weighted by Crippen LogP contribution is -2.40. The smallest absolute Gasteiger partial charge is 0.410 e. The molecule has 0 bridgehead atoms. The van der Waals surface area contributed by atoms with Crippen LogP contribution in [-0.2, 0) is 22.4 Å². The Hall–Kier alpha value is -2.18. The molecule has 2 heterocycles. The van der Waals surface area contributed by atoms with Crippen molar-refractivity contribution in [3.8, 4) is 0 Å². The van der Waals surface area contributed by atoms with E-state index < -0.39 is 11.6 Å². The van der Waals surface area contributed by atoms with Gasteiger partial charge >= 0.3 is 12.1 Å². The lowest BCUT2D eigenvalue weighted by atomic mass is 10.1. The van der Waals surface area contributed by atoms with Gasteiger partial charge in [0.25, 0.3) is 0 Å². The third kappa shape index (κ3) is 3.68. The number of amides is 1. The first-order valence-corrected chi connectivity index (χ1v) is 6.71. The zero-order valence-corrected chi connectivity index (χ0v) is 12.7. The van der Waals surface area contributed by atoms with E-state index in [2.05, 4.69) is 14.7 Å². The molecule has 114 valence electrons. The molecule has 7 nitrogen and oxygen atoms in total. The molecule has 0 radical (unpaired) electrons. The summed E-state index contributed by atoms with van der Waals surface area (Å²) >= 11 is 0. The fourth-order valence-corrected chi connectivity index (χ4v) is 1.98. The first kappa shape index (κ1) is 15.2. The Balaban J connectivity index is 2.15. The third-order valence-electron chi connectivity index (χ3n) is 2.97. The van der Waals surface area contributed by atoms with E-state index in [1.807, 2.05) is 20.8 Å². The minimum absolute atomic E-state index is 0.00212. The molecule has 21 heavy (non-hydrogen) atoms. The van der Waals surface area contributed by atoms with Crippen molar-refractivity contribution in [1.29, 1.82) is 0 Å². The number of hydrogen-bond donors (Lipinski definition) is 0. The van der Waals surface area contributed by atoms with Crippen LogP contribution in [0.25, 0.3) is 0 Å². The van der Waals surface area contributed by atoms with Crippen molar-refractivity contribution in [2.45, 2.75) is 39.3 Å². The van der Waals surface area contributed by atoms with Crippen molar-refractivity contribution < 1.29 is 19.1 Å². The lowest BCUT2D eigenvalue weighted by molar-refractivity contribution is 0.0220. The van der Waals surface area contributed by atoms with Gasteiger partial charge in [-0.05, 0) is 32.8 Å². The number of ether oxygens (including phenoxy) is 2. The molecule has 1 aromatic heterocycles. The number of nitrogens with zero attached hydrogens (tertiary/aromatic N) is 3. The van der Waals surface area contributed by atoms with Crippen LogP contribution in [-0.4, -0.2) is 46.2 Å². The summed E-state index contributed by atoms with van der Waals surface area (Å²) in [5.41, 5.74) is 1.05. The van der Waals surface area contributed by atoms with Crippen molar-refractivity contribution in [2.75, 3.05) is 13.7 Å². The number of carbonyl (C=O) groups excluding carboxylic acids is 2. The summed E-state index contributed by atoms with van der Waals surface area (Å²) < 4.78 is 9.94. The molecule has 0 saturated heterocycles. The highest BCUT2D eigenvalue weighted by Crippen LogP contribution is 2.19. The molecule has 0 spiro atoms. The first-order chi connectivity index (χ1) is 9.80. The van der Waals surface area contributed by atoms with Gasteiger partial charge in [0.15, 0.2) is 0 Å². The van der Waals surface area contributed by atoms with Gasteiger partial charge in [0.05, 0.1) is 19.3 Å². The maximum atomic E-state index is 12.1. The maximum Gasteiger partial charge on any atom is 0.410 e. The molecule has 1 aliphatic rings. The summed E-state index contributed by atoms with van der Waals surface area (Å²) in [6.07, 6.45) is 1.86. The van der Waals surface area contributed by atoms with Crippen LogP contribution in [0, 0.1) is 0 Å². The van der Waals surface area contributed by atoms with Gasteiger partial charge in [-0.2, -0.15) is 0 Å². The summed E-state index contributed by atoms with van der Waals surface area (Å²) in [4.78, 5) is 33.2. The summed E-state index contributed by atoms with van der Waals surface area (Å²) in [6, 6.07) is 0. The van der Waals surface area contributed by atoms with E-state index in [1.54, 1.807) is 11.1 Å². The predicted octanol–water partition coefficient (Wildman–Crippen LogP) is 1.56. The molecule has 0 N–H and O–H groups in total. The van der Waals surface area contributed by atoms with Crippen LogP contribution in [0.5, 0.6) is 0 Å². The van der Waals surface area contributed by atoms with Crippen molar-refractivity contribution in [2.24, 2.45) is 0 Å². The highest BCUT2D eigenvalue weighted by atomic mass is 16.6. The Morgan fingerprint density at radius 2 is 2.05 bits per heavy atom. The van der Waals surface area contributed by atoms with E-state index in [0.29, 0.717) is 25.2 Å². The van der Waals surface area contributed by atoms with Gasteiger partial charge in [-0.15, -0.1) is 0 Å². The number of aromatic nitrogens is 2. The number of hydrogen-bond acceptors (Lipinski definition) is 6. The van der Waals surface area contributed by atoms with Crippen molar-refractivity contribution in [3.63, 3.8) is 0 Å². The third-order valence-corrected chi connectivity index (χ3v) is 2.97. The summed E-state index contributed by atoms with van der Waals surface area (Å²) in [6.45, 7) is 6.31. The molecule has 1 aromatic rings. The molecule has 1 aliphatic heterocycles. The van der Waals surface area contributed by atoms with E-state index in [1.165, 1.54) is 7.11 Å². The van der Waals surface area contributed by atoms with Gasteiger partial charge < -0.3 is 14.4 Å². The summed E-state index contributed by atoms with van der Waals surface area (Å²) in [5, 5.41) is 0. The maximum absolute atomic E-state index is 12.1. The summed E-state index contributed by atoms with van der Waals surface area (Å²) in [5.74, 6) is -0.588. The topological polar surface area (TPSA) is 81.6 Å². The average molecular weight is 293 g/mol. The number of fused-ring (bicyclic) bond motifs is 1. The zero-order chi connectivity index (χ0) is 15.6. The van der Waals surface area contributed by atoms with Gasteiger partial charge in [0.1, 0.15) is 5.60 Å². The van der Waals surface area contributed by atoms with Crippen LogP contribution in [0.1, 0.15) is 42.6 Å². The number of rotatable bonds is 1. The first-order valence-electron chi connectivity index (χ1n) is 6.71. The highest BCUT2D eigenvalue weighted by Gasteiger charge is 2.27. The van der Waals surface area contributed by atoms with Gasteiger partial charge in [0.2, 0.25) is 5.82 Å². The Kier molecular flexibility index (Phi) is 4.11. The molecule has 1 amide bonds. The standard InChI is InChI=1S/C14H19N3O4/c1-14(2,3)21-13(19)17-6-5-9-7-15-11(12(18)20-4)16-10(9)8-17/h7H,5-6,8H2,1-4H3. The molecule has 0 aliphatic carbocycles. The van der Waals surface area contributed by atoms with Crippen LogP contribution < -0.4 is 0 Å². The normalized spacial score (nSPS) is 14.4.